The molecule has 0 aliphatic rings. The minimum atomic E-state index is -0.384. The Bertz CT molecular complexity index is 564. The molecule has 0 aliphatic carbocycles. The molecule has 2 nitrogen and oxygen atoms in total. The third kappa shape index (κ3) is 4.30. The molecular weight excluding hydrogens is 254 g/mol. The number of nitrogens with two attached hydrogens (primary N) is 1. The van der Waals surface area contributed by atoms with Gasteiger partial charge in [0.15, 0.2) is 0 Å². The van der Waals surface area contributed by atoms with Crippen molar-refractivity contribution in [2.45, 2.75) is 5.75 Å². The third-order valence-electron chi connectivity index (χ3n) is 2.58. The van der Waals surface area contributed by atoms with Crippen molar-refractivity contribution >= 4 is 23.7 Å². The van der Waals surface area contributed by atoms with Crippen molar-refractivity contribution in [3.8, 4) is 0 Å². The summed E-state index contributed by atoms with van der Waals surface area (Å²) in [6.07, 6.45) is 1.83. The highest BCUT2D eigenvalue weighted by Gasteiger charge is 2.06. The maximum absolute atomic E-state index is 11.5. The van der Waals surface area contributed by atoms with Gasteiger partial charge in [-0.05, 0) is 17.2 Å². The van der Waals surface area contributed by atoms with Crippen molar-refractivity contribution in [2.24, 2.45) is 5.73 Å². The van der Waals surface area contributed by atoms with Crippen molar-refractivity contribution in [3.63, 3.8) is 0 Å². The molecule has 0 aromatic heterocycles. The number of rotatable bonds is 5. The normalized spacial score (nSPS) is 11.3. The molecule has 2 N–H and O–H groups in total. The molecular formula is C16H15NOS. The minimum absolute atomic E-state index is 0.384. The molecule has 19 heavy (non-hydrogen) atoms. The van der Waals surface area contributed by atoms with Crippen molar-refractivity contribution in [3.05, 3.63) is 76.7 Å². The standard InChI is InChI=1S/C16H15NOS/c17-16(18)15(11-13-7-3-1-4-8-13)19-12-14-9-5-2-6-10-14/h1-11H,12H2,(H2,17,18). The Balaban J connectivity index is 2.09. The zero-order valence-corrected chi connectivity index (χ0v) is 11.3. The van der Waals surface area contributed by atoms with Crippen LogP contribution in [0.25, 0.3) is 6.08 Å². The predicted octanol–water partition coefficient (Wildman–Crippen LogP) is 3.45. The van der Waals surface area contributed by atoms with Crippen LogP contribution < -0.4 is 5.73 Å². The second kappa shape index (κ2) is 6.81. The summed E-state index contributed by atoms with van der Waals surface area (Å²) in [6.45, 7) is 0. The summed E-state index contributed by atoms with van der Waals surface area (Å²) in [7, 11) is 0. The monoisotopic (exact) mass is 269 g/mol. The van der Waals surface area contributed by atoms with Gasteiger partial charge in [0.25, 0.3) is 5.91 Å². The van der Waals surface area contributed by atoms with Crippen LogP contribution in [0.2, 0.25) is 0 Å². The molecule has 0 saturated heterocycles. The average molecular weight is 269 g/mol. The Morgan fingerprint density at radius 1 is 1.00 bits per heavy atom. The molecule has 0 spiro atoms. The van der Waals surface area contributed by atoms with E-state index in [2.05, 4.69) is 0 Å². The van der Waals surface area contributed by atoms with Crippen LogP contribution in [0.15, 0.2) is 65.6 Å². The van der Waals surface area contributed by atoms with Crippen LogP contribution in [0.4, 0.5) is 0 Å². The largest absolute Gasteiger partial charge is 0.365 e. The summed E-state index contributed by atoms with van der Waals surface area (Å²) in [6, 6.07) is 19.7. The van der Waals surface area contributed by atoms with Gasteiger partial charge in [0.2, 0.25) is 0 Å². The lowest BCUT2D eigenvalue weighted by atomic mass is 10.2. The van der Waals surface area contributed by atoms with Gasteiger partial charge in [-0.2, -0.15) is 0 Å². The molecule has 0 saturated carbocycles. The van der Waals surface area contributed by atoms with Crippen molar-refractivity contribution < 1.29 is 4.79 Å². The zero-order chi connectivity index (χ0) is 13.5. The van der Waals surface area contributed by atoms with Crippen LogP contribution in [0, 0.1) is 0 Å². The third-order valence-corrected chi connectivity index (χ3v) is 3.69. The van der Waals surface area contributed by atoms with Gasteiger partial charge in [0.1, 0.15) is 0 Å². The smallest absolute Gasteiger partial charge is 0.255 e. The summed E-state index contributed by atoms with van der Waals surface area (Å²) in [4.78, 5) is 12.0. The fourth-order valence-electron chi connectivity index (χ4n) is 1.62. The quantitative estimate of drug-likeness (QED) is 0.845. The van der Waals surface area contributed by atoms with Gasteiger partial charge in [-0.25, -0.2) is 0 Å². The fraction of sp³-hybridized carbons (Fsp3) is 0.0625. The number of carbonyl (C=O) groups excluding carboxylic acids is 1. The molecule has 0 fully saturated rings. The first-order chi connectivity index (χ1) is 9.25. The van der Waals surface area contributed by atoms with Gasteiger partial charge >= 0.3 is 0 Å². The van der Waals surface area contributed by atoms with E-state index in [1.54, 1.807) is 0 Å². The number of hydrogen-bond donors (Lipinski definition) is 1. The lowest BCUT2D eigenvalue weighted by molar-refractivity contribution is -0.113. The van der Waals surface area contributed by atoms with Gasteiger partial charge in [-0.1, -0.05) is 60.7 Å². The van der Waals surface area contributed by atoms with E-state index in [0.717, 1.165) is 11.3 Å². The fourth-order valence-corrected chi connectivity index (χ4v) is 2.50. The highest BCUT2D eigenvalue weighted by atomic mass is 32.2. The first-order valence-corrected chi connectivity index (χ1v) is 6.97. The Labute approximate surface area is 117 Å². The number of benzene rings is 2. The van der Waals surface area contributed by atoms with Crippen molar-refractivity contribution in [1.82, 2.24) is 0 Å². The molecule has 0 unspecified atom stereocenters. The molecule has 0 aliphatic heterocycles. The number of carbonyl (C=O) groups is 1. The van der Waals surface area contributed by atoms with E-state index < -0.39 is 0 Å². The number of hydrogen-bond acceptors (Lipinski definition) is 2. The second-order valence-corrected chi connectivity index (χ2v) is 5.07. The Morgan fingerprint density at radius 2 is 1.58 bits per heavy atom. The highest BCUT2D eigenvalue weighted by molar-refractivity contribution is 8.03. The van der Waals surface area contributed by atoms with E-state index in [9.17, 15) is 4.79 Å². The summed E-state index contributed by atoms with van der Waals surface area (Å²) in [5.41, 5.74) is 7.58. The summed E-state index contributed by atoms with van der Waals surface area (Å²) >= 11 is 1.46. The SMILES string of the molecule is NC(=O)C(=Cc1ccccc1)SCc1ccccc1. The van der Waals surface area contributed by atoms with Crippen LogP contribution in [0.5, 0.6) is 0 Å². The predicted molar refractivity (Wildman–Crippen MR) is 81.4 cm³/mol. The lowest BCUT2D eigenvalue weighted by Gasteiger charge is -2.04. The van der Waals surface area contributed by atoms with E-state index >= 15 is 0 Å². The molecule has 2 rings (SSSR count). The molecule has 0 radical (unpaired) electrons. The number of thioether (sulfide) groups is 1. The summed E-state index contributed by atoms with van der Waals surface area (Å²) < 4.78 is 0. The van der Waals surface area contributed by atoms with Gasteiger partial charge in [-0.3, -0.25) is 4.79 Å². The molecule has 96 valence electrons. The maximum atomic E-state index is 11.5. The molecule has 1 amide bonds. The Hall–Kier alpha value is -2.00. The van der Waals surface area contributed by atoms with E-state index in [0.29, 0.717) is 4.91 Å². The Morgan fingerprint density at radius 3 is 2.16 bits per heavy atom. The molecule has 0 atom stereocenters. The van der Waals surface area contributed by atoms with Crippen molar-refractivity contribution in [1.29, 1.82) is 0 Å². The topological polar surface area (TPSA) is 43.1 Å². The van der Waals surface area contributed by atoms with E-state index in [4.69, 9.17) is 5.73 Å². The van der Waals surface area contributed by atoms with Crippen LogP contribution in [-0.4, -0.2) is 5.91 Å². The first kappa shape index (κ1) is 13.4. The van der Waals surface area contributed by atoms with E-state index in [1.165, 1.54) is 17.3 Å². The number of amides is 1. The molecule has 3 heteroatoms. The molecule has 0 bridgehead atoms. The minimum Gasteiger partial charge on any atom is -0.365 e. The van der Waals surface area contributed by atoms with Gasteiger partial charge < -0.3 is 5.73 Å². The van der Waals surface area contributed by atoms with Crippen molar-refractivity contribution in [2.75, 3.05) is 0 Å². The van der Waals surface area contributed by atoms with E-state index in [-0.39, 0.29) is 5.91 Å². The van der Waals surface area contributed by atoms with Gasteiger partial charge in [-0.15, -0.1) is 11.8 Å². The van der Waals surface area contributed by atoms with Crippen LogP contribution in [0.3, 0.4) is 0 Å². The van der Waals surface area contributed by atoms with Crippen LogP contribution in [-0.2, 0) is 10.5 Å². The lowest BCUT2D eigenvalue weighted by Crippen LogP contribution is -2.11. The molecule has 2 aromatic carbocycles. The van der Waals surface area contributed by atoms with Gasteiger partial charge in [0, 0.05) is 5.75 Å². The highest BCUT2D eigenvalue weighted by Crippen LogP contribution is 2.23. The molecule has 0 heterocycles. The zero-order valence-electron chi connectivity index (χ0n) is 10.5. The van der Waals surface area contributed by atoms with Crippen LogP contribution in [0.1, 0.15) is 11.1 Å². The molecule has 2 aromatic rings. The number of primary amides is 1. The first-order valence-electron chi connectivity index (χ1n) is 5.99. The van der Waals surface area contributed by atoms with Gasteiger partial charge in [0.05, 0.1) is 4.91 Å². The summed E-state index contributed by atoms with van der Waals surface area (Å²) in [5.74, 6) is 0.354. The Kier molecular flexibility index (Phi) is 4.81. The second-order valence-electron chi connectivity index (χ2n) is 4.06. The summed E-state index contributed by atoms with van der Waals surface area (Å²) in [5, 5.41) is 0. The van der Waals surface area contributed by atoms with E-state index in [1.807, 2.05) is 66.7 Å². The maximum Gasteiger partial charge on any atom is 0.255 e. The average Bonchev–Trinajstić information content (AvgIpc) is 2.45. The van der Waals surface area contributed by atoms with Crippen LogP contribution >= 0.6 is 11.8 Å².